The van der Waals surface area contributed by atoms with Crippen LogP contribution < -0.4 is 10.6 Å². The average molecular weight is 360 g/mol. The van der Waals surface area contributed by atoms with Gasteiger partial charge < -0.3 is 10.6 Å². The third-order valence-electron chi connectivity index (χ3n) is 3.61. The lowest BCUT2D eigenvalue weighted by Crippen LogP contribution is -2.25. The van der Waals surface area contributed by atoms with E-state index in [1.165, 1.54) is 17.8 Å². The van der Waals surface area contributed by atoms with Gasteiger partial charge >= 0.3 is 0 Å². The Balaban J connectivity index is 1.81. The number of anilines is 2. The van der Waals surface area contributed by atoms with Crippen LogP contribution in [0, 0.1) is 19.7 Å². The molecule has 4 nitrogen and oxygen atoms in total. The van der Waals surface area contributed by atoms with Crippen molar-refractivity contribution in [3.63, 3.8) is 0 Å². The Morgan fingerprint density at radius 1 is 1.04 bits per heavy atom. The van der Waals surface area contributed by atoms with Gasteiger partial charge in [-0.3, -0.25) is 9.59 Å². The molecule has 1 unspecified atom stereocenters. The molecule has 0 heterocycles. The molecule has 0 radical (unpaired) electrons. The first kappa shape index (κ1) is 19.0. The number of hydrogen-bond acceptors (Lipinski definition) is 3. The van der Waals surface area contributed by atoms with Crippen molar-refractivity contribution in [3.8, 4) is 0 Å². The molecule has 2 aromatic rings. The maximum absolute atomic E-state index is 13.5. The van der Waals surface area contributed by atoms with Crippen molar-refractivity contribution in [2.45, 2.75) is 26.0 Å². The first-order valence-corrected chi connectivity index (χ1v) is 8.95. The average Bonchev–Trinajstić information content (AvgIpc) is 2.58. The van der Waals surface area contributed by atoms with Crippen molar-refractivity contribution in [1.29, 1.82) is 0 Å². The summed E-state index contributed by atoms with van der Waals surface area (Å²) in [5.41, 5.74) is 2.77. The number of aryl methyl sites for hydroxylation is 2. The summed E-state index contributed by atoms with van der Waals surface area (Å²) in [7, 11) is 0. The molecular weight excluding hydrogens is 339 g/mol. The lowest BCUT2D eigenvalue weighted by molar-refractivity contribution is -0.115. The largest absolute Gasteiger partial charge is 0.325 e. The van der Waals surface area contributed by atoms with Gasteiger partial charge in [-0.2, -0.15) is 0 Å². The molecule has 0 aromatic heterocycles. The predicted molar refractivity (Wildman–Crippen MR) is 101 cm³/mol. The number of thioether (sulfide) groups is 1. The van der Waals surface area contributed by atoms with Crippen LogP contribution in [0.25, 0.3) is 0 Å². The van der Waals surface area contributed by atoms with Crippen molar-refractivity contribution in [1.82, 2.24) is 0 Å². The number of benzene rings is 2. The topological polar surface area (TPSA) is 58.2 Å². The van der Waals surface area contributed by atoms with Crippen molar-refractivity contribution < 1.29 is 14.0 Å². The molecule has 0 aliphatic heterocycles. The van der Waals surface area contributed by atoms with E-state index < -0.39 is 5.25 Å². The molecule has 0 fully saturated rings. The zero-order chi connectivity index (χ0) is 18.4. The smallest absolute Gasteiger partial charge is 0.237 e. The van der Waals surface area contributed by atoms with Crippen molar-refractivity contribution in [2.75, 3.05) is 16.4 Å². The first-order chi connectivity index (χ1) is 11.8. The van der Waals surface area contributed by atoms with Gasteiger partial charge in [0, 0.05) is 11.4 Å². The van der Waals surface area contributed by atoms with E-state index in [0.29, 0.717) is 11.3 Å². The second-order valence-electron chi connectivity index (χ2n) is 5.82. The summed E-state index contributed by atoms with van der Waals surface area (Å²) >= 11 is 1.22. The van der Waals surface area contributed by atoms with E-state index >= 15 is 0 Å². The van der Waals surface area contributed by atoms with Gasteiger partial charge in [0.2, 0.25) is 11.8 Å². The molecule has 2 aromatic carbocycles. The first-order valence-electron chi connectivity index (χ1n) is 7.90. The Labute approximate surface area is 151 Å². The molecule has 2 rings (SSSR count). The highest BCUT2D eigenvalue weighted by molar-refractivity contribution is 8.01. The van der Waals surface area contributed by atoms with Crippen molar-refractivity contribution >= 4 is 35.0 Å². The highest BCUT2D eigenvalue weighted by atomic mass is 32.2. The van der Waals surface area contributed by atoms with E-state index in [1.54, 1.807) is 26.0 Å². The van der Waals surface area contributed by atoms with Crippen LogP contribution in [0.4, 0.5) is 15.8 Å². The van der Waals surface area contributed by atoms with E-state index in [-0.39, 0.29) is 23.4 Å². The summed E-state index contributed by atoms with van der Waals surface area (Å²) in [5.74, 6) is -0.646. The highest BCUT2D eigenvalue weighted by Crippen LogP contribution is 2.17. The zero-order valence-corrected chi connectivity index (χ0v) is 15.2. The van der Waals surface area contributed by atoms with Gasteiger partial charge in [0.1, 0.15) is 5.82 Å². The minimum absolute atomic E-state index is 0.157. The van der Waals surface area contributed by atoms with Crippen LogP contribution in [-0.4, -0.2) is 22.8 Å². The number of hydrogen-bond donors (Lipinski definition) is 2. The quantitative estimate of drug-likeness (QED) is 0.814. The Morgan fingerprint density at radius 3 is 2.32 bits per heavy atom. The molecule has 2 N–H and O–H groups in total. The van der Waals surface area contributed by atoms with Gasteiger partial charge in [-0.25, -0.2) is 4.39 Å². The molecule has 1 atom stereocenters. The van der Waals surface area contributed by atoms with E-state index in [1.807, 2.05) is 31.2 Å². The van der Waals surface area contributed by atoms with Gasteiger partial charge in [0.05, 0.1) is 11.0 Å². The molecule has 2 amide bonds. The number of carbonyl (C=O) groups is 2. The van der Waals surface area contributed by atoms with Gasteiger partial charge in [0.15, 0.2) is 0 Å². The van der Waals surface area contributed by atoms with Crippen molar-refractivity contribution in [3.05, 3.63) is 59.4 Å². The maximum Gasteiger partial charge on any atom is 0.237 e. The Bertz CT molecular complexity index is 763. The molecule has 0 bridgehead atoms. The number of halogens is 1. The maximum atomic E-state index is 13.5. The fourth-order valence-electron chi connectivity index (χ4n) is 2.02. The summed E-state index contributed by atoms with van der Waals surface area (Å²) in [5, 5.41) is 5.01. The second-order valence-corrected chi connectivity index (χ2v) is 7.15. The molecule has 25 heavy (non-hydrogen) atoms. The molecule has 0 aliphatic carbocycles. The summed E-state index contributed by atoms with van der Waals surface area (Å²) < 4.78 is 13.5. The lowest BCUT2D eigenvalue weighted by atomic mass is 10.2. The van der Waals surface area contributed by atoms with E-state index in [2.05, 4.69) is 10.6 Å². The third-order valence-corrected chi connectivity index (χ3v) is 4.75. The molecule has 132 valence electrons. The fourth-order valence-corrected chi connectivity index (χ4v) is 2.71. The summed E-state index contributed by atoms with van der Waals surface area (Å²) in [6.45, 7) is 5.34. The number of amides is 2. The van der Waals surface area contributed by atoms with Crippen LogP contribution in [0.1, 0.15) is 18.1 Å². The van der Waals surface area contributed by atoms with Crippen LogP contribution in [-0.2, 0) is 9.59 Å². The van der Waals surface area contributed by atoms with Gasteiger partial charge in [-0.1, -0.05) is 23.8 Å². The van der Waals surface area contributed by atoms with E-state index in [4.69, 9.17) is 0 Å². The zero-order valence-electron chi connectivity index (χ0n) is 14.4. The number of carbonyl (C=O) groups excluding carboxylic acids is 2. The van der Waals surface area contributed by atoms with Gasteiger partial charge in [-0.05, 0) is 50.6 Å². The number of rotatable bonds is 6. The monoisotopic (exact) mass is 360 g/mol. The summed E-state index contributed by atoms with van der Waals surface area (Å²) in [6, 6.07) is 12.0. The molecular formula is C19H21FN2O2S. The lowest BCUT2D eigenvalue weighted by Gasteiger charge is -2.12. The Hall–Kier alpha value is -2.34. The minimum Gasteiger partial charge on any atom is -0.325 e. The third kappa shape index (κ3) is 5.90. The van der Waals surface area contributed by atoms with Gasteiger partial charge in [-0.15, -0.1) is 11.8 Å². The van der Waals surface area contributed by atoms with Crippen LogP contribution >= 0.6 is 11.8 Å². The SMILES string of the molecule is Cc1ccc(NC(=O)CSC(C)C(=O)Nc2ccc(C)c(F)c2)cc1. The molecule has 0 aliphatic rings. The van der Waals surface area contributed by atoms with E-state index in [0.717, 1.165) is 11.3 Å². The number of nitrogens with one attached hydrogen (secondary N) is 2. The molecule has 0 spiro atoms. The predicted octanol–water partition coefficient (Wildman–Crippen LogP) is 4.14. The van der Waals surface area contributed by atoms with Gasteiger partial charge in [0.25, 0.3) is 0 Å². The second kappa shape index (κ2) is 8.67. The van der Waals surface area contributed by atoms with Crippen LogP contribution in [0.2, 0.25) is 0 Å². The van der Waals surface area contributed by atoms with Crippen LogP contribution in [0.5, 0.6) is 0 Å². The summed E-state index contributed by atoms with van der Waals surface area (Å²) in [4.78, 5) is 24.1. The highest BCUT2D eigenvalue weighted by Gasteiger charge is 2.16. The normalized spacial score (nSPS) is 11.7. The standard InChI is InChI=1S/C19H21FN2O2S/c1-12-4-7-15(8-5-12)21-18(23)11-25-14(3)19(24)22-16-9-6-13(2)17(20)10-16/h4-10,14H,11H2,1-3H3,(H,21,23)(H,22,24). The Kier molecular flexibility index (Phi) is 6.58. The van der Waals surface area contributed by atoms with E-state index in [9.17, 15) is 14.0 Å². The fraction of sp³-hybridized carbons (Fsp3) is 0.263. The van der Waals surface area contributed by atoms with Crippen LogP contribution in [0.3, 0.4) is 0 Å². The molecule has 0 saturated carbocycles. The summed E-state index contributed by atoms with van der Waals surface area (Å²) in [6.07, 6.45) is 0. The van der Waals surface area contributed by atoms with Crippen LogP contribution in [0.15, 0.2) is 42.5 Å². The Morgan fingerprint density at radius 2 is 1.68 bits per heavy atom. The minimum atomic E-state index is -0.437. The molecule has 0 saturated heterocycles. The molecule has 6 heteroatoms. The van der Waals surface area contributed by atoms with Crippen molar-refractivity contribution in [2.24, 2.45) is 0 Å².